The third-order valence-electron chi connectivity index (χ3n) is 4.18. The molecule has 0 aliphatic carbocycles. The predicted octanol–water partition coefficient (Wildman–Crippen LogP) is 2.00. The molecular weight excluding hydrogens is 374 g/mol. The van der Waals surface area contributed by atoms with Gasteiger partial charge in [-0.25, -0.2) is 13.2 Å². The maximum atomic E-state index is 12.2. The molecular formula is C18H23NO5S2. The molecule has 6 nitrogen and oxygen atoms in total. The van der Waals surface area contributed by atoms with Crippen molar-refractivity contribution in [3.05, 3.63) is 35.9 Å². The van der Waals surface area contributed by atoms with E-state index < -0.39 is 15.8 Å². The number of ether oxygens (including phenoxy) is 1. The van der Waals surface area contributed by atoms with Gasteiger partial charge in [-0.3, -0.25) is 4.79 Å². The molecule has 1 fully saturated rings. The van der Waals surface area contributed by atoms with E-state index in [4.69, 9.17) is 4.74 Å². The number of benzene rings is 1. The van der Waals surface area contributed by atoms with E-state index in [1.165, 1.54) is 11.0 Å². The number of rotatable bonds is 7. The van der Waals surface area contributed by atoms with Crippen molar-refractivity contribution in [2.75, 3.05) is 30.9 Å². The Labute approximate surface area is 158 Å². The highest BCUT2D eigenvalue weighted by Crippen LogP contribution is 2.18. The maximum absolute atomic E-state index is 12.2. The first-order valence-corrected chi connectivity index (χ1v) is 11.4. The molecule has 1 aromatic rings. The van der Waals surface area contributed by atoms with Gasteiger partial charge in [0, 0.05) is 23.6 Å². The van der Waals surface area contributed by atoms with Gasteiger partial charge in [0.05, 0.1) is 11.5 Å². The molecule has 1 atom stereocenters. The fraction of sp³-hybridized carbons (Fsp3) is 0.444. The van der Waals surface area contributed by atoms with Gasteiger partial charge in [-0.15, -0.1) is 11.8 Å². The Hall–Kier alpha value is -1.80. The Balaban J connectivity index is 1.85. The van der Waals surface area contributed by atoms with E-state index in [1.54, 1.807) is 24.8 Å². The van der Waals surface area contributed by atoms with E-state index in [-0.39, 0.29) is 30.1 Å². The van der Waals surface area contributed by atoms with Crippen molar-refractivity contribution in [3.63, 3.8) is 0 Å². The minimum absolute atomic E-state index is 0.0214. The molecule has 0 radical (unpaired) electrons. The van der Waals surface area contributed by atoms with Crippen LogP contribution in [0.3, 0.4) is 0 Å². The van der Waals surface area contributed by atoms with Gasteiger partial charge in [-0.1, -0.05) is 12.1 Å². The van der Waals surface area contributed by atoms with Crippen LogP contribution in [0, 0.1) is 0 Å². The van der Waals surface area contributed by atoms with Crippen LogP contribution in [0.2, 0.25) is 0 Å². The lowest BCUT2D eigenvalue weighted by Gasteiger charge is -2.26. The topological polar surface area (TPSA) is 80.8 Å². The molecule has 8 heteroatoms. The number of sulfone groups is 1. The molecule has 0 bridgehead atoms. The number of esters is 1. The van der Waals surface area contributed by atoms with Gasteiger partial charge in [0.15, 0.2) is 16.4 Å². The monoisotopic (exact) mass is 397 g/mol. The molecule has 1 aliphatic rings. The summed E-state index contributed by atoms with van der Waals surface area (Å²) in [5, 5.41) is 0. The van der Waals surface area contributed by atoms with E-state index in [9.17, 15) is 18.0 Å². The summed E-state index contributed by atoms with van der Waals surface area (Å²) in [6.07, 6.45) is 5.32. The zero-order valence-electron chi connectivity index (χ0n) is 14.9. The van der Waals surface area contributed by atoms with E-state index in [0.717, 1.165) is 10.5 Å². The number of hydrogen-bond donors (Lipinski definition) is 0. The van der Waals surface area contributed by atoms with Crippen molar-refractivity contribution >= 4 is 39.6 Å². The summed E-state index contributed by atoms with van der Waals surface area (Å²) >= 11 is 1.63. The fourth-order valence-electron chi connectivity index (χ4n) is 2.80. The van der Waals surface area contributed by atoms with Crippen LogP contribution in [0.1, 0.15) is 18.9 Å². The van der Waals surface area contributed by atoms with E-state index in [1.807, 2.05) is 30.5 Å². The van der Waals surface area contributed by atoms with Gasteiger partial charge in [0.25, 0.3) is 5.91 Å². The normalized spacial score (nSPS) is 18.8. The van der Waals surface area contributed by atoms with Crippen LogP contribution in [-0.2, 0) is 24.2 Å². The minimum atomic E-state index is -3.07. The third kappa shape index (κ3) is 5.88. The van der Waals surface area contributed by atoms with Gasteiger partial charge in [-0.2, -0.15) is 0 Å². The van der Waals surface area contributed by atoms with E-state index in [2.05, 4.69) is 0 Å². The molecule has 26 heavy (non-hydrogen) atoms. The maximum Gasteiger partial charge on any atom is 0.331 e. The van der Waals surface area contributed by atoms with Crippen molar-refractivity contribution in [1.82, 2.24) is 4.90 Å². The third-order valence-corrected chi connectivity index (χ3v) is 6.67. The van der Waals surface area contributed by atoms with E-state index >= 15 is 0 Å². The van der Waals surface area contributed by atoms with Crippen LogP contribution in [0.5, 0.6) is 0 Å². The van der Waals surface area contributed by atoms with E-state index in [0.29, 0.717) is 13.0 Å². The molecule has 1 amide bonds. The first-order chi connectivity index (χ1) is 12.3. The van der Waals surface area contributed by atoms with Crippen LogP contribution in [-0.4, -0.2) is 62.1 Å². The van der Waals surface area contributed by atoms with Gasteiger partial charge < -0.3 is 9.64 Å². The quantitative estimate of drug-likeness (QED) is 0.398. The summed E-state index contributed by atoms with van der Waals surface area (Å²) in [7, 11) is -3.07. The summed E-state index contributed by atoms with van der Waals surface area (Å²) in [5.74, 6) is -0.908. The van der Waals surface area contributed by atoms with Gasteiger partial charge in [-0.05, 0) is 43.4 Å². The molecule has 142 valence electrons. The number of likely N-dealkylation sites (N-methyl/N-ethyl adjacent to an activating group) is 1. The Morgan fingerprint density at radius 3 is 2.54 bits per heavy atom. The first kappa shape index (κ1) is 20.5. The second-order valence-corrected chi connectivity index (χ2v) is 9.06. The highest BCUT2D eigenvalue weighted by atomic mass is 32.2. The molecule has 1 saturated heterocycles. The highest BCUT2D eigenvalue weighted by Gasteiger charge is 2.34. The summed E-state index contributed by atoms with van der Waals surface area (Å²) in [4.78, 5) is 26.7. The molecule has 0 aromatic heterocycles. The van der Waals surface area contributed by atoms with Crippen LogP contribution in [0.15, 0.2) is 35.2 Å². The lowest BCUT2D eigenvalue weighted by Crippen LogP contribution is -2.43. The van der Waals surface area contributed by atoms with Gasteiger partial charge in [0.1, 0.15) is 0 Å². The van der Waals surface area contributed by atoms with Gasteiger partial charge >= 0.3 is 5.97 Å². The number of amides is 1. The average Bonchev–Trinajstić information content (AvgIpc) is 2.98. The number of nitrogens with zero attached hydrogens (tertiary/aromatic N) is 1. The molecule has 0 N–H and O–H groups in total. The van der Waals surface area contributed by atoms with Crippen LogP contribution in [0.25, 0.3) is 6.08 Å². The fourth-order valence-corrected chi connectivity index (χ4v) is 4.94. The number of carbonyl (C=O) groups excluding carboxylic acids is 2. The van der Waals surface area contributed by atoms with Crippen LogP contribution in [0.4, 0.5) is 0 Å². The summed E-state index contributed by atoms with van der Waals surface area (Å²) in [6.45, 7) is 1.77. The molecule has 0 spiro atoms. The number of carbonyl (C=O) groups is 2. The summed E-state index contributed by atoms with van der Waals surface area (Å²) in [6, 6.07) is 7.35. The van der Waals surface area contributed by atoms with Crippen molar-refractivity contribution in [1.29, 1.82) is 0 Å². The molecule has 0 saturated carbocycles. The largest absolute Gasteiger partial charge is 0.452 e. The standard InChI is InChI=1S/C18H23NO5S2/c1-3-19(15-10-11-26(22,23)13-15)17(20)12-24-18(21)9-6-14-4-7-16(25-2)8-5-14/h4-9,15H,3,10-13H2,1-2H3/b9-6+/t15-/m1/s1. The Bertz CT molecular complexity index is 771. The van der Waals surface area contributed by atoms with Crippen LogP contribution < -0.4 is 0 Å². The molecule has 1 aliphatic heterocycles. The molecule has 2 rings (SSSR count). The highest BCUT2D eigenvalue weighted by molar-refractivity contribution is 7.98. The average molecular weight is 398 g/mol. The van der Waals surface area contributed by atoms with Gasteiger partial charge in [0.2, 0.25) is 0 Å². The first-order valence-electron chi connectivity index (χ1n) is 8.33. The minimum Gasteiger partial charge on any atom is -0.452 e. The lowest BCUT2D eigenvalue weighted by atomic mass is 10.2. The Morgan fingerprint density at radius 1 is 1.31 bits per heavy atom. The smallest absolute Gasteiger partial charge is 0.331 e. The number of hydrogen-bond acceptors (Lipinski definition) is 6. The van der Waals surface area contributed by atoms with Crippen molar-refractivity contribution in [3.8, 4) is 0 Å². The van der Waals surface area contributed by atoms with Crippen LogP contribution >= 0.6 is 11.8 Å². The Morgan fingerprint density at radius 2 is 2.00 bits per heavy atom. The predicted molar refractivity (Wildman–Crippen MR) is 103 cm³/mol. The number of thioether (sulfide) groups is 1. The molecule has 1 heterocycles. The molecule has 1 aromatic carbocycles. The second kappa shape index (κ2) is 9.23. The lowest BCUT2D eigenvalue weighted by molar-refractivity contribution is -0.149. The molecule has 0 unspecified atom stereocenters. The zero-order valence-corrected chi connectivity index (χ0v) is 16.5. The second-order valence-electron chi connectivity index (χ2n) is 5.95. The Kier molecular flexibility index (Phi) is 7.28. The van der Waals surface area contributed by atoms with Crippen molar-refractivity contribution in [2.24, 2.45) is 0 Å². The summed E-state index contributed by atoms with van der Waals surface area (Å²) < 4.78 is 28.1. The van der Waals surface area contributed by atoms with Crippen molar-refractivity contribution in [2.45, 2.75) is 24.3 Å². The SMILES string of the molecule is CCN(C(=O)COC(=O)/C=C/c1ccc(SC)cc1)[C@@H]1CCS(=O)(=O)C1. The van der Waals surface area contributed by atoms with Crippen molar-refractivity contribution < 1.29 is 22.7 Å². The summed E-state index contributed by atoms with van der Waals surface area (Å²) in [5.41, 5.74) is 0.859. The zero-order chi connectivity index (χ0) is 19.2.